The number of hydrogen-bond donors (Lipinski definition) is 0. The molecule has 26 heavy (non-hydrogen) atoms. The van der Waals surface area contributed by atoms with Crippen LogP contribution in [0, 0.1) is 11.7 Å². The number of carbonyl (C=O) groups excluding carboxylic acids is 1. The van der Waals surface area contributed by atoms with Gasteiger partial charge in [-0.2, -0.15) is 0 Å². The first kappa shape index (κ1) is 18.6. The second-order valence-corrected chi connectivity index (χ2v) is 7.40. The largest absolute Gasteiger partial charge is 0.336 e. The standard InChI is InChI=1S/C20H27FN4O/c1-15(2)19-13-25(20(26)18-11-22-14-23(18)3)10-4-9-24(19)12-16-5-7-17(21)8-6-16/h5-8,11,14-15,19H,4,9-10,12-13H2,1-3H3/t19-/m1/s1. The summed E-state index contributed by atoms with van der Waals surface area (Å²) in [5.41, 5.74) is 1.72. The summed E-state index contributed by atoms with van der Waals surface area (Å²) in [6.07, 6.45) is 4.22. The Morgan fingerprint density at radius 3 is 2.62 bits per heavy atom. The van der Waals surface area contributed by atoms with Crippen molar-refractivity contribution in [3.8, 4) is 0 Å². The maximum Gasteiger partial charge on any atom is 0.272 e. The smallest absolute Gasteiger partial charge is 0.272 e. The zero-order valence-corrected chi connectivity index (χ0v) is 15.7. The fraction of sp³-hybridized carbons (Fsp3) is 0.500. The van der Waals surface area contributed by atoms with Crippen LogP contribution in [0.5, 0.6) is 0 Å². The van der Waals surface area contributed by atoms with Crippen LogP contribution in [0.3, 0.4) is 0 Å². The summed E-state index contributed by atoms with van der Waals surface area (Å²) >= 11 is 0. The molecule has 0 N–H and O–H groups in total. The van der Waals surface area contributed by atoms with E-state index < -0.39 is 0 Å². The zero-order chi connectivity index (χ0) is 18.7. The van der Waals surface area contributed by atoms with Crippen molar-refractivity contribution >= 4 is 5.91 Å². The molecule has 0 radical (unpaired) electrons. The number of nitrogens with zero attached hydrogens (tertiary/aromatic N) is 4. The third-order valence-electron chi connectivity index (χ3n) is 5.14. The van der Waals surface area contributed by atoms with Gasteiger partial charge in [-0.15, -0.1) is 0 Å². The molecule has 0 unspecified atom stereocenters. The van der Waals surface area contributed by atoms with Crippen LogP contribution in [-0.2, 0) is 13.6 Å². The number of hydrogen-bond acceptors (Lipinski definition) is 3. The monoisotopic (exact) mass is 358 g/mol. The molecular formula is C20H27FN4O. The average molecular weight is 358 g/mol. The Bertz CT molecular complexity index is 741. The zero-order valence-electron chi connectivity index (χ0n) is 15.7. The molecule has 1 atom stereocenters. The van der Waals surface area contributed by atoms with E-state index >= 15 is 0 Å². The van der Waals surface area contributed by atoms with E-state index in [-0.39, 0.29) is 17.8 Å². The Morgan fingerprint density at radius 1 is 1.27 bits per heavy atom. The molecule has 1 aromatic carbocycles. The van der Waals surface area contributed by atoms with Crippen molar-refractivity contribution in [3.63, 3.8) is 0 Å². The molecule has 0 aliphatic carbocycles. The predicted molar refractivity (Wildman–Crippen MR) is 99.2 cm³/mol. The second-order valence-electron chi connectivity index (χ2n) is 7.40. The highest BCUT2D eigenvalue weighted by atomic mass is 19.1. The number of aryl methyl sites for hydroxylation is 1. The summed E-state index contributed by atoms with van der Waals surface area (Å²) in [7, 11) is 1.85. The van der Waals surface area contributed by atoms with Gasteiger partial charge in [0, 0.05) is 39.3 Å². The predicted octanol–water partition coefficient (Wildman–Crippen LogP) is 2.93. The van der Waals surface area contributed by atoms with Crippen molar-refractivity contribution in [3.05, 3.63) is 53.9 Å². The van der Waals surface area contributed by atoms with Crippen LogP contribution >= 0.6 is 0 Å². The van der Waals surface area contributed by atoms with Gasteiger partial charge >= 0.3 is 0 Å². The number of benzene rings is 1. The van der Waals surface area contributed by atoms with E-state index in [0.29, 0.717) is 18.2 Å². The van der Waals surface area contributed by atoms with Gasteiger partial charge in [0.05, 0.1) is 12.5 Å². The van der Waals surface area contributed by atoms with Crippen LogP contribution in [0.1, 0.15) is 36.3 Å². The van der Waals surface area contributed by atoms with E-state index in [4.69, 9.17) is 0 Å². The van der Waals surface area contributed by atoms with Gasteiger partial charge in [0.1, 0.15) is 11.5 Å². The van der Waals surface area contributed by atoms with Gasteiger partial charge in [0.25, 0.3) is 5.91 Å². The topological polar surface area (TPSA) is 41.4 Å². The molecule has 140 valence electrons. The number of imidazole rings is 1. The molecule has 3 rings (SSSR count). The van der Waals surface area contributed by atoms with Crippen LogP contribution < -0.4 is 0 Å². The third-order valence-corrected chi connectivity index (χ3v) is 5.14. The van der Waals surface area contributed by atoms with Crippen molar-refractivity contribution in [2.24, 2.45) is 13.0 Å². The second kappa shape index (κ2) is 7.99. The number of halogens is 1. The van der Waals surface area contributed by atoms with Crippen molar-refractivity contribution in [1.29, 1.82) is 0 Å². The van der Waals surface area contributed by atoms with E-state index in [1.54, 1.807) is 17.1 Å². The van der Waals surface area contributed by atoms with Gasteiger partial charge in [-0.05, 0) is 30.0 Å². The van der Waals surface area contributed by atoms with Gasteiger partial charge in [-0.25, -0.2) is 9.37 Å². The Morgan fingerprint density at radius 2 is 2.00 bits per heavy atom. The lowest BCUT2D eigenvalue weighted by Crippen LogP contribution is -2.45. The third kappa shape index (κ3) is 4.12. The lowest BCUT2D eigenvalue weighted by atomic mass is 10.0. The van der Waals surface area contributed by atoms with Crippen molar-refractivity contribution in [2.75, 3.05) is 19.6 Å². The summed E-state index contributed by atoms with van der Waals surface area (Å²) in [5.74, 6) is 0.243. The highest BCUT2D eigenvalue weighted by Crippen LogP contribution is 2.21. The minimum absolute atomic E-state index is 0.0410. The molecular weight excluding hydrogens is 331 g/mol. The molecule has 1 saturated heterocycles. The normalized spacial score (nSPS) is 19.0. The molecule has 1 fully saturated rings. The first-order chi connectivity index (χ1) is 12.5. The number of carbonyl (C=O) groups is 1. The van der Waals surface area contributed by atoms with Gasteiger partial charge < -0.3 is 9.47 Å². The van der Waals surface area contributed by atoms with E-state index in [2.05, 4.69) is 23.7 Å². The van der Waals surface area contributed by atoms with Crippen LogP contribution in [0.2, 0.25) is 0 Å². The lowest BCUT2D eigenvalue weighted by molar-refractivity contribution is 0.0693. The lowest BCUT2D eigenvalue weighted by Gasteiger charge is -2.34. The molecule has 5 nitrogen and oxygen atoms in total. The van der Waals surface area contributed by atoms with E-state index in [1.807, 2.05) is 24.1 Å². The number of rotatable bonds is 4. The Labute approximate surface area is 154 Å². The van der Waals surface area contributed by atoms with E-state index in [9.17, 15) is 9.18 Å². The van der Waals surface area contributed by atoms with Gasteiger partial charge in [0.15, 0.2) is 0 Å². The van der Waals surface area contributed by atoms with Gasteiger partial charge in [-0.3, -0.25) is 9.69 Å². The summed E-state index contributed by atoms with van der Waals surface area (Å²) in [4.78, 5) is 21.4. The van der Waals surface area contributed by atoms with Gasteiger partial charge in [-0.1, -0.05) is 26.0 Å². The van der Waals surface area contributed by atoms with E-state index in [0.717, 1.165) is 31.6 Å². The van der Waals surface area contributed by atoms with Crippen molar-refractivity contribution in [2.45, 2.75) is 32.9 Å². The maximum absolute atomic E-state index is 13.2. The SMILES string of the molecule is CC(C)[C@H]1CN(C(=O)c2cncn2C)CCCN1Cc1ccc(F)cc1. The molecule has 0 saturated carbocycles. The first-order valence-corrected chi connectivity index (χ1v) is 9.20. The molecule has 1 aliphatic rings. The van der Waals surface area contributed by atoms with Crippen LogP contribution in [0.4, 0.5) is 4.39 Å². The Balaban J connectivity index is 1.76. The fourth-order valence-corrected chi connectivity index (χ4v) is 3.63. The summed E-state index contributed by atoms with van der Waals surface area (Å²) in [6.45, 7) is 7.53. The number of amides is 1. The van der Waals surface area contributed by atoms with E-state index in [1.165, 1.54) is 12.1 Å². The highest BCUT2D eigenvalue weighted by molar-refractivity contribution is 5.92. The molecule has 0 bridgehead atoms. The molecule has 1 aromatic heterocycles. The number of aromatic nitrogens is 2. The minimum atomic E-state index is -0.210. The summed E-state index contributed by atoms with van der Waals surface area (Å²) in [5, 5.41) is 0. The van der Waals surface area contributed by atoms with Gasteiger partial charge in [0.2, 0.25) is 0 Å². The Hall–Kier alpha value is -2.21. The molecule has 6 heteroatoms. The molecule has 2 heterocycles. The van der Waals surface area contributed by atoms with Crippen molar-refractivity contribution < 1.29 is 9.18 Å². The first-order valence-electron chi connectivity index (χ1n) is 9.20. The molecule has 2 aromatic rings. The quantitative estimate of drug-likeness (QED) is 0.844. The fourth-order valence-electron chi connectivity index (χ4n) is 3.63. The summed E-state index contributed by atoms with van der Waals surface area (Å²) < 4.78 is 14.9. The van der Waals surface area contributed by atoms with Crippen molar-refractivity contribution in [1.82, 2.24) is 19.4 Å². The summed E-state index contributed by atoms with van der Waals surface area (Å²) in [6, 6.07) is 6.97. The maximum atomic E-state index is 13.2. The Kier molecular flexibility index (Phi) is 5.71. The van der Waals surface area contributed by atoms with Crippen LogP contribution in [0.25, 0.3) is 0 Å². The molecule has 0 spiro atoms. The van der Waals surface area contributed by atoms with Crippen LogP contribution in [-0.4, -0.2) is 50.9 Å². The van der Waals surface area contributed by atoms with Crippen LogP contribution in [0.15, 0.2) is 36.8 Å². The minimum Gasteiger partial charge on any atom is -0.336 e. The highest BCUT2D eigenvalue weighted by Gasteiger charge is 2.30. The average Bonchev–Trinajstić information content (AvgIpc) is 2.92. The molecule has 1 amide bonds. The molecule has 1 aliphatic heterocycles.